The Morgan fingerprint density at radius 2 is 2.11 bits per heavy atom. The normalized spacial score (nSPS) is 32.5. The Labute approximate surface area is 115 Å². The molecule has 0 radical (unpaired) electrons. The van der Waals surface area contributed by atoms with Gasteiger partial charge in [0.15, 0.2) is 12.1 Å². The van der Waals surface area contributed by atoms with E-state index in [1.165, 1.54) is 0 Å². The smallest absolute Gasteiger partial charge is 0.165 e. The molecule has 0 aromatic carbocycles. The maximum atomic E-state index is 12.4. The van der Waals surface area contributed by atoms with Gasteiger partial charge in [0, 0.05) is 17.9 Å². The molecular weight excluding hydrogens is 244 g/mol. The molecule has 0 aromatic rings. The minimum absolute atomic E-state index is 0.130. The topological polar surface area (TPSA) is 44.8 Å². The van der Waals surface area contributed by atoms with Gasteiger partial charge in [-0.1, -0.05) is 13.8 Å². The van der Waals surface area contributed by atoms with E-state index in [0.717, 1.165) is 25.0 Å². The van der Waals surface area contributed by atoms with E-state index in [-0.39, 0.29) is 23.4 Å². The summed E-state index contributed by atoms with van der Waals surface area (Å²) in [5.74, 6) is 1.28. The molecule has 0 bridgehead atoms. The second-order valence-corrected chi connectivity index (χ2v) is 5.64. The first-order chi connectivity index (χ1) is 9.06. The Kier molecular flexibility index (Phi) is 4.63. The van der Waals surface area contributed by atoms with Crippen molar-refractivity contribution in [2.45, 2.75) is 46.3 Å². The highest BCUT2D eigenvalue weighted by molar-refractivity contribution is 5.96. The third-order valence-corrected chi connectivity index (χ3v) is 4.37. The number of rotatable bonds is 5. The lowest BCUT2D eigenvalue weighted by molar-refractivity contribution is -0.129. The number of allylic oxidation sites excluding steroid dienone is 2. The Morgan fingerprint density at radius 3 is 2.68 bits per heavy atom. The first-order valence-electron chi connectivity index (χ1n) is 7.17. The van der Waals surface area contributed by atoms with Gasteiger partial charge in [0.05, 0.1) is 25.6 Å². The maximum Gasteiger partial charge on any atom is 0.165 e. The summed E-state index contributed by atoms with van der Waals surface area (Å²) < 4.78 is 16.4. The molecule has 0 aromatic heterocycles. The van der Waals surface area contributed by atoms with Crippen molar-refractivity contribution in [3.8, 4) is 0 Å². The SMILES string of the molecule is CCOC1=CC(=O)[C@](C)(CCC2OCCO2)[C@H](C)C1. The molecule has 4 nitrogen and oxygen atoms in total. The van der Waals surface area contributed by atoms with Crippen LogP contribution in [0, 0.1) is 11.3 Å². The summed E-state index contributed by atoms with van der Waals surface area (Å²) in [6.45, 7) is 8.07. The second kappa shape index (κ2) is 6.06. The van der Waals surface area contributed by atoms with Gasteiger partial charge in [-0.3, -0.25) is 4.79 Å². The van der Waals surface area contributed by atoms with Crippen molar-refractivity contribution in [1.29, 1.82) is 0 Å². The summed E-state index contributed by atoms with van der Waals surface area (Å²) in [4.78, 5) is 12.4. The van der Waals surface area contributed by atoms with Crippen molar-refractivity contribution >= 4 is 5.78 Å². The van der Waals surface area contributed by atoms with E-state index in [0.29, 0.717) is 19.8 Å². The van der Waals surface area contributed by atoms with Gasteiger partial charge in [-0.25, -0.2) is 0 Å². The van der Waals surface area contributed by atoms with Crippen molar-refractivity contribution in [2.75, 3.05) is 19.8 Å². The van der Waals surface area contributed by atoms with Crippen LogP contribution in [0.4, 0.5) is 0 Å². The fourth-order valence-electron chi connectivity index (χ4n) is 2.79. The predicted octanol–water partition coefficient (Wildman–Crippen LogP) is 2.68. The molecule has 19 heavy (non-hydrogen) atoms. The van der Waals surface area contributed by atoms with Crippen LogP contribution in [0.2, 0.25) is 0 Å². The molecule has 2 atom stereocenters. The molecule has 4 heteroatoms. The van der Waals surface area contributed by atoms with Crippen LogP contribution in [-0.2, 0) is 19.0 Å². The highest BCUT2D eigenvalue weighted by Crippen LogP contribution is 2.42. The molecule has 1 aliphatic heterocycles. The first kappa shape index (κ1) is 14.5. The molecule has 1 aliphatic carbocycles. The van der Waals surface area contributed by atoms with Crippen LogP contribution in [-0.4, -0.2) is 31.9 Å². The third-order valence-electron chi connectivity index (χ3n) is 4.37. The summed E-state index contributed by atoms with van der Waals surface area (Å²) in [5.41, 5.74) is -0.324. The molecular formula is C15H24O4. The molecule has 1 saturated heterocycles. The van der Waals surface area contributed by atoms with E-state index in [1.807, 2.05) is 13.8 Å². The van der Waals surface area contributed by atoms with Crippen molar-refractivity contribution in [3.05, 3.63) is 11.8 Å². The van der Waals surface area contributed by atoms with Gasteiger partial charge >= 0.3 is 0 Å². The molecule has 2 rings (SSSR count). The molecule has 108 valence electrons. The molecule has 0 unspecified atom stereocenters. The number of ether oxygens (including phenoxy) is 3. The van der Waals surface area contributed by atoms with Crippen LogP contribution in [0.3, 0.4) is 0 Å². The molecule has 1 fully saturated rings. The highest BCUT2D eigenvalue weighted by atomic mass is 16.7. The lowest BCUT2D eigenvalue weighted by atomic mass is 9.67. The summed E-state index contributed by atoms with van der Waals surface area (Å²) in [5, 5.41) is 0. The van der Waals surface area contributed by atoms with Crippen molar-refractivity contribution in [1.82, 2.24) is 0 Å². The van der Waals surface area contributed by atoms with Gasteiger partial charge in [-0.15, -0.1) is 0 Å². The fraction of sp³-hybridized carbons (Fsp3) is 0.800. The molecule has 1 heterocycles. The van der Waals surface area contributed by atoms with E-state index in [4.69, 9.17) is 14.2 Å². The highest BCUT2D eigenvalue weighted by Gasteiger charge is 2.41. The van der Waals surface area contributed by atoms with E-state index < -0.39 is 0 Å². The van der Waals surface area contributed by atoms with E-state index >= 15 is 0 Å². The molecule has 0 amide bonds. The molecule has 2 aliphatic rings. The Balaban J connectivity index is 1.98. The third kappa shape index (κ3) is 3.18. The average Bonchev–Trinajstić information content (AvgIpc) is 2.87. The summed E-state index contributed by atoms with van der Waals surface area (Å²) in [7, 11) is 0. The first-order valence-corrected chi connectivity index (χ1v) is 7.17. The van der Waals surface area contributed by atoms with E-state index in [2.05, 4.69) is 6.92 Å². The summed E-state index contributed by atoms with van der Waals surface area (Å²) in [6.07, 6.45) is 3.97. The average molecular weight is 268 g/mol. The number of ketones is 1. The Morgan fingerprint density at radius 1 is 1.42 bits per heavy atom. The lowest BCUT2D eigenvalue weighted by Crippen LogP contribution is -2.38. The Bertz CT molecular complexity index is 357. The van der Waals surface area contributed by atoms with Crippen LogP contribution >= 0.6 is 0 Å². The van der Waals surface area contributed by atoms with E-state index in [9.17, 15) is 4.79 Å². The lowest BCUT2D eigenvalue weighted by Gasteiger charge is -2.37. The van der Waals surface area contributed by atoms with Gasteiger partial charge in [-0.2, -0.15) is 0 Å². The van der Waals surface area contributed by atoms with Gasteiger partial charge in [0.25, 0.3) is 0 Å². The number of carbonyl (C=O) groups excluding carboxylic acids is 1. The van der Waals surface area contributed by atoms with Crippen molar-refractivity contribution < 1.29 is 19.0 Å². The van der Waals surface area contributed by atoms with Crippen molar-refractivity contribution in [2.24, 2.45) is 11.3 Å². The monoisotopic (exact) mass is 268 g/mol. The minimum atomic E-state index is -0.324. The van der Waals surface area contributed by atoms with Gasteiger partial charge < -0.3 is 14.2 Å². The zero-order valence-electron chi connectivity index (χ0n) is 12.1. The minimum Gasteiger partial charge on any atom is -0.498 e. The largest absolute Gasteiger partial charge is 0.498 e. The van der Waals surface area contributed by atoms with Crippen LogP contribution in [0.15, 0.2) is 11.8 Å². The summed E-state index contributed by atoms with van der Waals surface area (Å²) in [6, 6.07) is 0. The van der Waals surface area contributed by atoms with Crippen molar-refractivity contribution in [3.63, 3.8) is 0 Å². The molecule has 0 saturated carbocycles. The van der Waals surface area contributed by atoms with Gasteiger partial charge in [-0.05, 0) is 25.7 Å². The predicted molar refractivity (Wildman–Crippen MR) is 71.5 cm³/mol. The molecule has 0 spiro atoms. The van der Waals surface area contributed by atoms with Crippen LogP contribution in [0.1, 0.15) is 40.0 Å². The van der Waals surface area contributed by atoms with Gasteiger partial charge in [0.2, 0.25) is 0 Å². The van der Waals surface area contributed by atoms with Gasteiger partial charge in [0.1, 0.15) is 0 Å². The zero-order chi connectivity index (χ0) is 13.9. The quantitative estimate of drug-likeness (QED) is 0.769. The van der Waals surface area contributed by atoms with Crippen LogP contribution in [0.25, 0.3) is 0 Å². The second-order valence-electron chi connectivity index (χ2n) is 5.64. The Hall–Kier alpha value is -0.870. The van der Waals surface area contributed by atoms with E-state index in [1.54, 1.807) is 6.08 Å². The maximum absolute atomic E-state index is 12.4. The molecule has 0 N–H and O–H groups in total. The standard InChI is InChI=1S/C15H24O4/c1-4-17-12-9-11(2)15(3,13(16)10-12)6-5-14-18-7-8-19-14/h10-11,14H,4-9H2,1-3H3/t11-,15-/m1/s1. The van der Waals surface area contributed by atoms with Crippen LogP contribution < -0.4 is 0 Å². The summed E-state index contributed by atoms with van der Waals surface area (Å²) >= 11 is 0. The number of hydrogen-bond donors (Lipinski definition) is 0. The number of carbonyl (C=O) groups is 1. The fourth-order valence-corrected chi connectivity index (χ4v) is 2.79. The number of hydrogen-bond acceptors (Lipinski definition) is 4. The zero-order valence-corrected chi connectivity index (χ0v) is 12.1. The van der Waals surface area contributed by atoms with Crippen LogP contribution in [0.5, 0.6) is 0 Å².